The first kappa shape index (κ1) is 19.2. The number of Topliss-reactive ketones (excluding diaryl/α,β-unsaturated/α-hetero) is 1. The van der Waals surface area contributed by atoms with E-state index in [1.54, 1.807) is 41.3 Å². The van der Waals surface area contributed by atoms with E-state index in [1.807, 2.05) is 24.3 Å². The lowest BCUT2D eigenvalue weighted by molar-refractivity contribution is -0.126. The molecule has 3 nitrogen and oxygen atoms in total. The van der Waals surface area contributed by atoms with E-state index >= 15 is 0 Å². The first-order valence-corrected chi connectivity index (χ1v) is 9.10. The average Bonchev–Trinajstić information content (AvgIpc) is 2.67. The standard InChI is InChI=1S/C22H17Cl2NO2/c1-2-21(26)25-13-17(11-15-3-7-19(23)8-4-15)22(27)18(14-25)12-16-5-9-20(24)10-6-16/h2-12H,1,13-14H2/b17-11-,18-12-. The SMILES string of the molecule is C=CC(=O)N1C/C(=C/c2ccc(Cl)cc2)C(=O)/C(=C\c2ccc(Cl)cc2)C1. The fourth-order valence-corrected chi connectivity index (χ4v) is 3.10. The van der Waals surface area contributed by atoms with Gasteiger partial charge in [-0.15, -0.1) is 0 Å². The molecule has 1 amide bonds. The van der Waals surface area contributed by atoms with Crippen LogP contribution in [0.3, 0.4) is 0 Å². The summed E-state index contributed by atoms with van der Waals surface area (Å²) in [7, 11) is 0. The molecule has 0 N–H and O–H groups in total. The van der Waals surface area contributed by atoms with Gasteiger partial charge in [0, 0.05) is 21.2 Å². The van der Waals surface area contributed by atoms with Crippen molar-refractivity contribution in [3.63, 3.8) is 0 Å². The highest BCUT2D eigenvalue weighted by Crippen LogP contribution is 2.23. The third-order valence-electron chi connectivity index (χ3n) is 4.21. The minimum absolute atomic E-state index is 0.0759. The maximum absolute atomic E-state index is 13.0. The first-order chi connectivity index (χ1) is 13.0. The molecule has 1 aliphatic rings. The maximum Gasteiger partial charge on any atom is 0.246 e. The van der Waals surface area contributed by atoms with Gasteiger partial charge in [0.15, 0.2) is 5.78 Å². The van der Waals surface area contributed by atoms with Gasteiger partial charge in [-0.3, -0.25) is 9.59 Å². The van der Waals surface area contributed by atoms with Crippen LogP contribution in [0.4, 0.5) is 0 Å². The smallest absolute Gasteiger partial charge is 0.246 e. The molecule has 0 bridgehead atoms. The Morgan fingerprint density at radius 1 is 0.852 bits per heavy atom. The topological polar surface area (TPSA) is 37.4 Å². The summed E-state index contributed by atoms with van der Waals surface area (Å²) >= 11 is 11.8. The Balaban J connectivity index is 1.98. The Labute approximate surface area is 168 Å². The number of amides is 1. The fourth-order valence-electron chi connectivity index (χ4n) is 2.84. The first-order valence-electron chi connectivity index (χ1n) is 8.34. The molecule has 0 aromatic heterocycles. The number of ketones is 1. The van der Waals surface area contributed by atoms with Gasteiger partial charge >= 0.3 is 0 Å². The minimum Gasteiger partial charge on any atom is -0.330 e. The van der Waals surface area contributed by atoms with Crippen molar-refractivity contribution in [1.82, 2.24) is 4.90 Å². The lowest BCUT2D eigenvalue weighted by atomic mass is 9.94. The molecule has 0 aliphatic carbocycles. The molecule has 2 aromatic carbocycles. The fraction of sp³-hybridized carbons (Fsp3) is 0.0909. The van der Waals surface area contributed by atoms with Gasteiger partial charge in [0.25, 0.3) is 0 Å². The van der Waals surface area contributed by atoms with Gasteiger partial charge in [0.1, 0.15) is 0 Å². The van der Waals surface area contributed by atoms with Gasteiger partial charge in [-0.1, -0.05) is 54.0 Å². The third kappa shape index (κ3) is 4.76. The van der Waals surface area contributed by atoms with Crippen LogP contribution in [0.5, 0.6) is 0 Å². The van der Waals surface area contributed by atoms with E-state index in [9.17, 15) is 9.59 Å². The van der Waals surface area contributed by atoms with Gasteiger partial charge in [0.05, 0.1) is 13.1 Å². The Hall–Kier alpha value is -2.62. The highest BCUT2D eigenvalue weighted by molar-refractivity contribution is 6.30. The predicted molar refractivity (Wildman–Crippen MR) is 111 cm³/mol. The molecule has 1 heterocycles. The van der Waals surface area contributed by atoms with Gasteiger partial charge in [-0.2, -0.15) is 0 Å². The van der Waals surface area contributed by atoms with Crippen molar-refractivity contribution >= 4 is 47.0 Å². The molecule has 0 atom stereocenters. The number of benzene rings is 2. The average molecular weight is 398 g/mol. The summed E-state index contributed by atoms with van der Waals surface area (Å²) < 4.78 is 0. The Kier molecular flexibility index (Phi) is 5.94. The van der Waals surface area contributed by atoms with Gasteiger partial charge in [-0.25, -0.2) is 0 Å². The predicted octanol–water partition coefficient (Wildman–Crippen LogP) is 5.06. The van der Waals surface area contributed by atoms with E-state index in [4.69, 9.17) is 23.2 Å². The molecular formula is C22H17Cl2NO2. The van der Waals surface area contributed by atoms with Crippen LogP contribution in [0.25, 0.3) is 12.2 Å². The monoisotopic (exact) mass is 397 g/mol. The summed E-state index contributed by atoms with van der Waals surface area (Å²) in [6.07, 6.45) is 4.84. The number of rotatable bonds is 3. The molecule has 0 unspecified atom stereocenters. The summed E-state index contributed by atoms with van der Waals surface area (Å²) in [6, 6.07) is 14.4. The zero-order valence-corrected chi connectivity index (χ0v) is 16.0. The van der Waals surface area contributed by atoms with Crippen molar-refractivity contribution in [2.45, 2.75) is 0 Å². The summed E-state index contributed by atoms with van der Waals surface area (Å²) in [5.41, 5.74) is 2.78. The van der Waals surface area contributed by atoms with Crippen molar-refractivity contribution in [2.75, 3.05) is 13.1 Å². The number of nitrogens with zero attached hydrogens (tertiary/aromatic N) is 1. The number of hydrogen-bond acceptors (Lipinski definition) is 2. The summed E-state index contributed by atoms with van der Waals surface area (Å²) in [5, 5.41) is 1.25. The van der Waals surface area contributed by atoms with E-state index in [1.165, 1.54) is 6.08 Å². The second-order valence-corrected chi connectivity index (χ2v) is 7.04. The molecule has 136 valence electrons. The van der Waals surface area contributed by atoms with E-state index in [-0.39, 0.29) is 24.8 Å². The van der Waals surface area contributed by atoms with Crippen molar-refractivity contribution in [2.24, 2.45) is 0 Å². The highest BCUT2D eigenvalue weighted by atomic mass is 35.5. The van der Waals surface area contributed by atoms with Crippen molar-refractivity contribution in [3.05, 3.63) is 93.5 Å². The van der Waals surface area contributed by atoms with Gasteiger partial charge in [0.2, 0.25) is 5.91 Å². The van der Waals surface area contributed by atoms with Crippen LogP contribution in [0, 0.1) is 0 Å². The maximum atomic E-state index is 13.0. The molecular weight excluding hydrogens is 381 g/mol. The van der Waals surface area contributed by atoms with Gasteiger partial charge < -0.3 is 4.90 Å². The normalized spacial score (nSPS) is 17.4. The van der Waals surface area contributed by atoms with Gasteiger partial charge in [-0.05, 0) is 53.6 Å². The Morgan fingerprint density at radius 3 is 1.63 bits per heavy atom. The Bertz CT molecular complexity index is 874. The minimum atomic E-state index is -0.216. The lowest BCUT2D eigenvalue weighted by Crippen LogP contribution is -2.40. The molecule has 1 fully saturated rings. The third-order valence-corrected chi connectivity index (χ3v) is 4.72. The highest BCUT2D eigenvalue weighted by Gasteiger charge is 2.28. The Morgan fingerprint density at radius 2 is 1.26 bits per heavy atom. The van der Waals surface area contributed by atoms with Crippen LogP contribution in [0.15, 0.2) is 72.3 Å². The number of likely N-dealkylation sites (tertiary alicyclic amines) is 1. The second kappa shape index (κ2) is 8.38. The molecule has 5 heteroatoms. The largest absolute Gasteiger partial charge is 0.330 e. The summed E-state index contributed by atoms with van der Waals surface area (Å²) in [4.78, 5) is 26.7. The number of halogens is 2. The number of carbonyl (C=O) groups is 2. The summed E-state index contributed by atoms with van der Waals surface area (Å²) in [5.74, 6) is -0.292. The number of hydrogen-bond donors (Lipinski definition) is 0. The molecule has 0 radical (unpaired) electrons. The van der Waals surface area contributed by atoms with Crippen LogP contribution >= 0.6 is 23.2 Å². The number of piperidine rings is 1. The molecule has 3 rings (SSSR count). The van der Waals surface area contributed by atoms with Crippen molar-refractivity contribution in [3.8, 4) is 0 Å². The number of carbonyl (C=O) groups excluding carboxylic acids is 2. The van der Waals surface area contributed by atoms with Crippen LogP contribution in [-0.2, 0) is 9.59 Å². The van der Waals surface area contributed by atoms with E-state index < -0.39 is 0 Å². The lowest BCUT2D eigenvalue weighted by Gasteiger charge is -2.29. The molecule has 1 aliphatic heterocycles. The zero-order chi connectivity index (χ0) is 19.4. The quantitative estimate of drug-likeness (QED) is 0.678. The van der Waals surface area contributed by atoms with E-state index in [0.29, 0.717) is 21.2 Å². The van der Waals surface area contributed by atoms with Crippen molar-refractivity contribution < 1.29 is 9.59 Å². The van der Waals surface area contributed by atoms with Crippen LogP contribution in [0.1, 0.15) is 11.1 Å². The molecule has 2 aromatic rings. The molecule has 0 spiro atoms. The second-order valence-electron chi connectivity index (χ2n) is 6.17. The van der Waals surface area contributed by atoms with E-state index in [0.717, 1.165) is 11.1 Å². The van der Waals surface area contributed by atoms with Crippen molar-refractivity contribution in [1.29, 1.82) is 0 Å². The van der Waals surface area contributed by atoms with Crippen LogP contribution in [-0.4, -0.2) is 29.7 Å². The molecule has 0 saturated carbocycles. The summed E-state index contributed by atoms with van der Waals surface area (Å²) in [6.45, 7) is 4.03. The zero-order valence-electron chi connectivity index (χ0n) is 14.5. The molecule has 27 heavy (non-hydrogen) atoms. The van der Waals surface area contributed by atoms with Crippen LogP contribution in [0.2, 0.25) is 10.0 Å². The molecule has 1 saturated heterocycles. The van der Waals surface area contributed by atoms with Crippen LogP contribution < -0.4 is 0 Å². The van der Waals surface area contributed by atoms with E-state index in [2.05, 4.69) is 6.58 Å².